The maximum absolute atomic E-state index is 9.14. The number of nitriles is 1. The van der Waals surface area contributed by atoms with Crippen molar-refractivity contribution in [2.75, 3.05) is 20.1 Å². The first-order chi connectivity index (χ1) is 11.7. The number of aliphatic imine (C=N–C) groups is 1. The number of allylic oxidation sites excluding steroid dienone is 2. The number of aromatic nitrogens is 3. The van der Waals surface area contributed by atoms with Crippen molar-refractivity contribution < 1.29 is 0 Å². The SMILES string of the molecule is CN1CC(/C=C2/CC=CC(c3ncnc4[nH]ccc34)=N2)(CC#N)C1. The van der Waals surface area contributed by atoms with E-state index in [0.717, 1.165) is 47.6 Å². The highest BCUT2D eigenvalue weighted by atomic mass is 15.2. The van der Waals surface area contributed by atoms with Crippen LogP contribution in [0.5, 0.6) is 0 Å². The maximum atomic E-state index is 9.14. The summed E-state index contributed by atoms with van der Waals surface area (Å²) < 4.78 is 0. The number of nitrogens with zero attached hydrogens (tertiary/aromatic N) is 5. The van der Waals surface area contributed by atoms with Crippen molar-refractivity contribution in [2.45, 2.75) is 12.8 Å². The molecule has 1 fully saturated rings. The molecular weight excluding hydrogens is 300 g/mol. The fourth-order valence-electron chi connectivity index (χ4n) is 3.62. The summed E-state index contributed by atoms with van der Waals surface area (Å²) in [5, 5.41) is 10.1. The van der Waals surface area contributed by atoms with Crippen LogP contribution in [0, 0.1) is 16.7 Å². The minimum atomic E-state index is -0.0618. The van der Waals surface area contributed by atoms with Gasteiger partial charge in [-0.15, -0.1) is 0 Å². The standard InChI is InChI=1S/C18H18N6/c1-24-10-18(11-24,6-7-19)9-13-3-2-4-15(23-13)16-14-5-8-20-17(14)22-12-21-16/h2,4-5,8-9,12H,3,6,10-11H2,1H3,(H,20,21,22)/b13-9-. The molecule has 0 unspecified atom stereocenters. The highest BCUT2D eigenvalue weighted by Crippen LogP contribution is 2.36. The third-order valence-corrected chi connectivity index (χ3v) is 4.54. The van der Waals surface area contributed by atoms with E-state index in [1.807, 2.05) is 18.3 Å². The topological polar surface area (TPSA) is 81.0 Å². The van der Waals surface area contributed by atoms with Gasteiger partial charge in [-0.2, -0.15) is 5.26 Å². The molecule has 4 rings (SSSR count). The van der Waals surface area contributed by atoms with Crippen molar-refractivity contribution in [3.05, 3.63) is 48.2 Å². The number of likely N-dealkylation sites (tertiary alicyclic amines) is 1. The largest absolute Gasteiger partial charge is 0.346 e. The van der Waals surface area contributed by atoms with Gasteiger partial charge >= 0.3 is 0 Å². The Morgan fingerprint density at radius 1 is 1.42 bits per heavy atom. The summed E-state index contributed by atoms with van der Waals surface area (Å²) in [6.07, 6.45) is 11.1. The number of aromatic amines is 1. The highest BCUT2D eigenvalue weighted by molar-refractivity contribution is 6.14. The lowest BCUT2D eigenvalue weighted by Gasteiger charge is -2.45. The van der Waals surface area contributed by atoms with E-state index in [0.29, 0.717) is 6.42 Å². The summed E-state index contributed by atoms with van der Waals surface area (Å²) in [5.41, 5.74) is 3.45. The molecule has 4 heterocycles. The van der Waals surface area contributed by atoms with E-state index in [2.05, 4.69) is 45.1 Å². The summed E-state index contributed by atoms with van der Waals surface area (Å²) >= 11 is 0. The Balaban J connectivity index is 1.71. The zero-order valence-electron chi connectivity index (χ0n) is 13.5. The van der Waals surface area contributed by atoms with E-state index in [1.54, 1.807) is 6.33 Å². The summed E-state index contributed by atoms with van der Waals surface area (Å²) in [7, 11) is 2.08. The summed E-state index contributed by atoms with van der Waals surface area (Å²) in [6.45, 7) is 1.82. The second-order valence-electron chi connectivity index (χ2n) is 6.57. The van der Waals surface area contributed by atoms with Crippen LogP contribution in [-0.2, 0) is 0 Å². The van der Waals surface area contributed by atoms with Gasteiger partial charge < -0.3 is 9.88 Å². The smallest absolute Gasteiger partial charge is 0.141 e. The minimum absolute atomic E-state index is 0.0618. The van der Waals surface area contributed by atoms with E-state index >= 15 is 0 Å². The molecule has 0 atom stereocenters. The fourth-order valence-corrected chi connectivity index (χ4v) is 3.62. The molecular formula is C18H18N6. The number of H-pyrrole nitrogens is 1. The normalized spacial score (nSPS) is 21.5. The van der Waals surface area contributed by atoms with E-state index in [1.165, 1.54) is 0 Å². The van der Waals surface area contributed by atoms with Crippen LogP contribution in [0.2, 0.25) is 0 Å². The van der Waals surface area contributed by atoms with Gasteiger partial charge in [-0.25, -0.2) is 9.97 Å². The molecule has 6 heteroatoms. The third kappa shape index (κ3) is 2.53. The van der Waals surface area contributed by atoms with Crippen molar-refractivity contribution in [1.29, 1.82) is 5.26 Å². The van der Waals surface area contributed by atoms with Crippen LogP contribution in [0.1, 0.15) is 18.5 Å². The van der Waals surface area contributed by atoms with Gasteiger partial charge in [0.1, 0.15) is 17.7 Å². The van der Waals surface area contributed by atoms with Gasteiger partial charge in [-0.05, 0) is 19.2 Å². The molecule has 0 aliphatic carbocycles. The van der Waals surface area contributed by atoms with Crippen LogP contribution < -0.4 is 0 Å². The lowest BCUT2D eigenvalue weighted by molar-refractivity contribution is 0.0694. The Bertz CT molecular complexity index is 905. The van der Waals surface area contributed by atoms with E-state index < -0.39 is 0 Å². The second kappa shape index (κ2) is 5.69. The molecule has 2 aromatic heterocycles. The first-order valence-corrected chi connectivity index (χ1v) is 8.00. The van der Waals surface area contributed by atoms with Crippen molar-refractivity contribution in [3.63, 3.8) is 0 Å². The molecule has 0 radical (unpaired) electrons. The Hall–Kier alpha value is -2.78. The van der Waals surface area contributed by atoms with Crippen LogP contribution >= 0.6 is 0 Å². The van der Waals surface area contributed by atoms with Gasteiger partial charge in [-0.1, -0.05) is 12.2 Å². The average Bonchev–Trinajstić information content (AvgIpc) is 3.02. The van der Waals surface area contributed by atoms with E-state index in [4.69, 9.17) is 10.3 Å². The predicted octanol–water partition coefficient (Wildman–Crippen LogP) is 2.44. The first-order valence-electron chi connectivity index (χ1n) is 8.00. The number of nitrogens with one attached hydrogen (secondary N) is 1. The predicted molar refractivity (Wildman–Crippen MR) is 92.4 cm³/mol. The molecule has 2 aliphatic rings. The van der Waals surface area contributed by atoms with Crippen LogP contribution in [0.4, 0.5) is 0 Å². The molecule has 1 N–H and O–H groups in total. The molecule has 6 nitrogen and oxygen atoms in total. The van der Waals surface area contributed by atoms with Gasteiger partial charge in [0, 0.05) is 48.6 Å². The highest BCUT2D eigenvalue weighted by Gasteiger charge is 2.39. The Labute approximate surface area is 140 Å². The van der Waals surface area contributed by atoms with Crippen molar-refractivity contribution in [2.24, 2.45) is 10.4 Å². The zero-order chi connectivity index (χ0) is 16.6. The number of hydrogen-bond donors (Lipinski definition) is 1. The molecule has 0 spiro atoms. The Kier molecular flexibility index (Phi) is 3.51. The van der Waals surface area contributed by atoms with Crippen molar-refractivity contribution >= 4 is 16.7 Å². The summed E-state index contributed by atoms with van der Waals surface area (Å²) in [5.74, 6) is 0. The third-order valence-electron chi connectivity index (χ3n) is 4.54. The quantitative estimate of drug-likeness (QED) is 0.942. The molecule has 0 saturated carbocycles. The number of hydrogen-bond acceptors (Lipinski definition) is 5. The molecule has 0 bridgehead atoms. The van der Waals surface area contributed by atoms with Crippen molar-refractivity contribution in [1.82, 2.24) is 19.9 Å². The van der Waals surface area contributed by atoms with Crippen molar-refractivity contribution in [3.8, 4) is 6.07 Å². The van der Waals surface area contributed by atoms with Crippen LogP contribution in [-0.4, -0.2) is 45.7 Å². The number of rotatable bonds is 3. The molecule has 2 aliphatic heterocycles. The zero-order valence-corrected chi connectivity index (χ0v) is 13.5. The molecule has 0 amide bonds. The summed E-state index contributed by atoms with van der Waals surface area (Å²) in [4.78, 5) is 18.8. The fraction of sp³-hybridized carbons (Fsp3) is 0.333. The molecule has 24 heavy (non-hydrogen) atoms. The lowest BCUT2D eigenvalue weighted by atomic mass is 9.76. The molecule has 1 saturated heterocycles. The average molecular weight is 318 g/mol. The Morgan fingerprint density at radius 3 is 3.08 bits per heavy atom. The van der Waals surface area contributed by atoms with Crippen LogP contribution in [0.25, 0.3) is 11.0 Å². The van der Waals surface area contributed by atoms with Gasteiger partial charge in [0.15, 0.2) is 0 Å². The van der Waals surface area contributed by atoms with E-state index in [-0.39, 0.29) is 5.41 Å². The minimum Gasteiger partial charge on any atom is -0.346 e. The monoisotopic (exact) mass is 318 g/mol. The Morgan fingerprint density at radius 2 is 2.29 bits per heavy atom. The first kappa shape index (κ1) is 14.8. The van der Waals surface area contributed by atoms with Crippen LogP contribution in [0.15, 0.2) is 47.5 Å². The van der Waals surface area contributed by atoms with Gasteiger partial charge in [-0.3, -0.25) is 4.99 Å². The summed E-state index contributed by atoms with van der Waals surface area (Å²) in [6, 6.07) is 4.29. The van der Waals surface area contributed by atoms with Gasteiger partial charge in [0.2, 0.25) is 0 Å². The van der Waals surface area contributed by atoms with Gasteiger partial charge in [0.25, 0.3) is 0 Å². The second-order valence-corrected chi connectivity index (χ2v) is 6.57. The van der Waals surface area contributed by atoms with Gasteiger partial charge in [0.05, 0.1) is 11.8 Å². The van der Waals surface area contributed by atoms with E-state index in [9.17, 15) is 0 Å². The molecule has 2 aromatic rings. The molecule has 0 aromatic carbocycles. The lowest BCUT2D eigenvalue weighted by Crippen LogP contribution is -2.53. The molecule has 120 valence electrons. The van der Waals surface area contributed by atoms with Crippen LogP contribution in [0.3, 0.4) is 0 Å². The maximum Gasteiger partial charge on any atom is 0.141 e. The number of dihydropyridines is 1. The number of fused-ring (bicyclic) bond motifs is 1.